The van der Waals surface area contributed by atoms with E-state index in [0.717, 1.165) is 12.5 Å². The summed E-state index contributed by atoms with van der Waals surface area (Å²) >= 11 is 0. The first-order valence-electron chi connectivity index (χ1n) is 15.3. The van der Waals surface area contributed by atoms with Gasteiger partial charge in [0, 0.05) is 26.4 Å². The summed E-state index contributed by atoms with van der Waals surface area (Å²) in [7, 11) is 0. The van der Waals surface area contributed by atoms with Crippen LogP contribution in [0.1, 0.15) is 50.2 Å². The summed E-state index contributed by atoms with van der Waals surface area (Å²) in [6, 6.07) is 9.01. The molecule has 4 atom stereocenters. The molecule has 0 spiro atoms. The summed E-state index contributed by atoms with van der Waals surface area (Å²) in [5.74, 6) is -3.93. The zero-order valence-corrected chi connectivity index (χ0v) is 26.1. The predicted molar refractivity (Wildman–Crippen MR) is 170 cm³/mol. The van der Waals surface area contributed by atoms with Crippen LogP contribution in [0.2, 0.25) is 0 Å². The number of nitrogens with zero attached hydrogens (tertiary/aromatic N) is 2. The molecule has 1 saturated heterocycles. The highest BCUT2D eigenvalue weighted by atomic mass is 16.5. The van der Waals surface area contributed by atoms with Gasteiger partial charge in [-0.3, -0.25) is 24.2 Å². The minimum absolute atomic E-state index is 0.0203. The van der Waals surface area contributed by atoms with E-state index in [1.807, 2.05) is 0 Å². The third-order valence-electron chi connectivity index (χ3n) is 7.63. The highest BCUT2D eigenvalue weighted by molar-refractivity contribution is 5.94. The molecule has 254 valence electrons. The van der Waals surface area contributed by atoms with Gasteiger partial charge >= 0.3 is 11.9 Å². The quantitative estimate of drug-likeness (QED) is 0.0561. The molecule has 0 aromatic heterocycles. The van der Waals surface area contributed by atoms with Crippen molar-refractivity contribution in [2.45, 2.75) is 76.1 Å². The van der Waals surface area contributed by atoms with E-state index in [-0.39, 0.29) is 56.2 Å². The SMILES string of the molecule is CC(=O)OC(Cc1ccc(O)cc1)C(=O)NC(CCc1ccc(O)cc1)C(=O)N1CCCC1C(=O)NC(CCCN=C(N)N)C(=O)O. The zero-order chi connectivity index (χ0) is 34.5. The minimum atomic E-state index is -1.30. The maximum absolute atomic E-state index is 14.0. The van der Waals surface area contributed by atoms with Gasteiger partial charge in [0.25, 0.3) is 5.91 Å². The molecule has 0 bridgehead atoms. The summed E-state index contributed by atoms with van der Waals surface area (Å²) in [5.41, 5.74) is 12.0. The largest absolute Gasteiger partial charge is 0.508 e. The fourth-order valence-corrected chi connectivity index (χ4v) is 5.26. The average molecular weight is 655 g/mol. The number of hydrogen-bond acceptors (Lipinski definition) is 9. The van der Waals surface area contributed by atoms with E-state index < -0.39 is 53.9 Å². The Morgan fingerprint density at radius 1 is 0.936 bits per heavy atom. The summed E-state index contributed by atoms with van der Waals surface area (Å²) in [6.45, 7) is 1.54. The number of hydrogen-bond donors (Lipinski definition) is 7. The van der Waals surface area contributed by atoms with Gasteiger partial charge in [-0.05, 0) is 73.9 Å². The maximum atomic E-state index is 14.0. The summed E-state index contributed by atoms with van der Waals surface area (Å²) in [4.78, 5) is 69.7. The van der Waals surface area contributed by atoms with Crippen molar-refractivity contribution in [2.24, 2.45) is 16.5 Å². The van der Waals surface area contributed by atoms with Crippen LogP contribution in [0.4, 0.5) is 0 Å². The number of phenolic OH excluding ortho intramolecular Hbond substituents is 2. The molecule has 1 aliphatic rings. The van der Waals surface area contributed by atoms with Crippen molar-refractivity contribution < 1.29 is 44.0 Å². The number of rotatable bonds is 16. The molecule has 47 heavy (non-hydrogen) atoms. The fourth-order valence-electron chi connectivity index (χ4n) is 5.26. The number of ether oxygens (including phenoxy) is 1. The number of guanidine groups is 1. The number of aliphatic carboxylic acids is 1. The molecule has 15 nitrogen and oxygen atoms in total. The van der Waals surface area contributed by atoms with E-state index in [4.69, 9.17) is 16.2 Å². The number of carbonyl (C=O) groups is 5. The molecule has 15 heteroatoms. The Balaban J connectivity index is 1.79. The lowest BCUT2D eigenvalue weighted by Gasteiger charge is -2.30. The molecular weight excluding hydrogens is 612 g/mol. The van der Waals surface area contributed by atoms with Crippen LogP contribution in [-0.4, -0.2) is 93.2 Å². The number of likely N-dealkylation sites (tertiary alicyclic amines) is 1. The second kappa shape index (κ2) is 17.4. The lowest BCUT2D eigenvalue weighted by Crippen LogP contribution is -2.56. The van der Waals surface area contributed by atoms with Crippen molar-refractivity contribution in [1.82, 2.24) is 15.5 Å². The molecule has 1 heterocycles. The number of carboxylic acids is 1. The lowest BCUT2D eigenvalue weighted by atomic mass is 10.0. The second-order valence-corrected chi connectivity index (χ2v) is 11.3. The standard InChI is InChI=1S/C32H42N6O9/c1-19(39)47-27(18-21-8-13-23(41)14-9-21)29(43)36-24(15-10-20-6-11-22(40)12-7-20)30(44)38-17-3-5-26(38)28(42)37-25(31(45)46)4-2-16-35-32(33)34/h6-9,11-14,24-27,40-41H,2-5,10,15-18H2,1H3,(H,36,43)(H,37,42)(H,45,46)(H4,33,34,35). The molecule has 1 fully saturated rings. The van der Waals surface area contributed by atoms with E-state index in [9.17, 15) is 39.3 Å². The van der Waals surface area contributed by atoms with Crippen LogP contribution in [0, 0.1) is 0 Å². The van der Waals surface area contributed by atoms with Gasteiger partial charge in [0.15, 0.2) is 12.1 Å². The molecule has 3 amide bonds. The van der Waals surface area contributed by atoms with Crippen LogP contribution in [0.5, 0.6) is 11.5 Å². The molecule has 4 unspecified atom stereocenters. The number of aliphatic imine (C=N–C) groups is 1. The maximum Gasteiger partial charge on any atom is 0.326 e. The summed E-state index contributed by atoms with van der Waals surface area (Å²) in [5, 5.41) is 34.2. The number of carbonyl (C=O) groups excluding carboxylic acids is 4. The van der Waals surface area contributed by atoms with Gasteiger partial charge in [-0.2, -0.15) is 0 Å². The van der Waals surface area contributed by atoms with Crippen molar-refractivity contribution in [3.8, 4) is 11.5 Å². The van der Waals surface area contributed by atoms with Gasteiger partial charge in [-0.25, -0.2) is 4.79 Å². The molecular formula is C32H42N6O9. The third kappa shape index (κ3) is 11.5. The first-order chi connectivity index (χ1) is 22.3. The topological polar surface area (TPSA) is 247 Å². The molecule has 1 aliphatic heterocycles. The molecule has 3 rings (SSSR count). The Kier molecular flexibility index (Phi) is 13.4. The fraction of sp³-hybridized carbons (Fsp3) is 0.438. The van der Waals surface area contributed by atoms with Crippen LogP contribution in [0.25, 0.3) is 0 Å². The Morgan fingerprint density at radius 3 is 2.13 bits per heavy atom. The molecule has 2 aromatic carbocycles. The van der Waals surface area contributed by atoms with Crippen molar-refractivity contribution in [3.63, 3.8) is 0 Å². The number of carboxylic acid groups (broad SMARTS) is 1. The Morgan fingerprint density at radius 2 is 1.55 bits per heavy atom. The lowest BCUT2D eigenvalue weighted by molar-refractivity contribution is -0.154. The number of aromatic hydroxyl groups is 2. The van der Waals surface area contributed by atoms with Gasteiger partial charge in [-0.15, -0.1) is 0 Å². The Bertz CT molecular complexity index is 1430. The molecule has 0 saturated carbocycles. The van der Waals surface area contributed by atoms with Crippen LogP contribution in [0.15, 0.2) is 53.5 Å². The number of phenols is 2. The number of esters is 1. The van der Waals surface area contributed by atoms with Gasteiger partial charge < -0.3 is 47.1 Å². The number of nitrogens with two attached hydrogens (primary N) is 2. The van der Waals surface area contributed by atoms with Crippen molar-refractivity contribution in [2.75, 3.05) is 13.1 Å². The average Bonchev–Trinajstić information content (AvgIpc) is 3.51. The third-order valence-corrected chi connectivity index (χ3v) is 7.63. The second-order valence-electron chi connectivity index (χ2n) is 11.3. The van der Waals surface area contributed by atoms with E-state index in [1.54, 1.807) is 24.3 Å². The van der Waals surface area contributed by atoms with Gasteiger partial charge in [-0.1, -0.05) is 24.3 Å². The number of amides is 3. The monoisotopic (exact) mass is 654 g/mol. The molecule has 0 aliphatic carbocycles. The van der Waals surface area contributed by atoms with Crippen LogP contribution >= 0.6 is 0 Å². The summed E-state index contributed by atoms with van der Waals surface area (Å²) < 4.78 is 5.30. The molecule has 0 radical (unpaired) electrons. The number of benzene rings is 2. The molecule has 9 N–H and O–H groups in total. The van der Waals surface area contributed by atoms with Gasteiger partial charge in [0.05, 0.1) is 0 Å². The highest BCUT2D eigenvalue weighted by Crippen LogP contribution is 2.22. The van der Waals surface area contributed by atoms with Gasteiger partial charge in [0.1, 0.15) is 29.6 Å². The van der Waals surface area contributed by atoms with Gasteiger partial charge in [0.2, 0.25) is 11.8 Å². The highest BCUT2D eigenvalue weighted by Gasteiger charge is 2.39. The Hall–Kier alpha value is -5.34. The number of aryl methyl sites for hydroxylation is 1. The molecule has 2 aromatic rings. The summed E-state index contributed by atoms with van der Waals surface area (Å²) in [6.07, 6.45) is 0.204. The number of nitrogens with one attached hydrogen (secondary N) is 2. The van der Waals surface area contributed by atoms with Crippen molar-refractivity contribution in [1.29, 1.82) is 0 Å². The zero-order valence-electron chi connectivity index (χ0n) is 26.1. The van der Waals surface area contributed by atoms with Crippen LogP contribution in [0.3, 0.4) is 0 Å². The van der Waals surface area contributed by atoms with Crippen molar-refractivity contribution >= 4 is 35.6 Å². The van der Waals surface area contributed by atoms with E-state index in [1.165, 1.54) is 29.2 Å². The van der Waals surface area contributed by atoms with Crippen LogP contribution < -0.4 is 22.1 Å². The minimum Gasteiger partial charge on any atom is -0.508 e. The Labute approximate surface area is 272 Å². The van der Waals surface area contributed by atoms with E-state index in [0.29, 0.717) is 24.8 Å². The van der Waals surface area contributed by atoms with Crippen molar-refractivity contribution in [3.05, 3.63) is 59.7 Å². The van der Waals surface area contributed by atoms with E-state index in [2.05, 4.69) is 15.6 Å². The predicted octanol–water partition coefficient (Wildman–Crippen LogP) is 0.304. The smallest absolute Gasteiger partial charge is 0.326 e. The van der Waals surface area contributed by atoms with Crippen LogP contribution in [-0.2, 0) is 41.6 Å². The first kappa shape index (κ1) is 36.1. The normalized spacial score (nSPS) is 15.9. The first-order valence-corrected chi connectivity index (χ1v) is 15.3. The van der Waals surface area contributed by atoms with E-state index >= 15 is 0 Å².